The SMILES string of the molecule is COc1cc(CNC(=O)CN(c2cccc(C)c2C)S(=O)(=O)c2ccccc2)cc(OC)c1OC. The van der Waals surface area contributed by atoms with E-state index in [1.165, 1.54) is 33.5 Å². The maximum atomic E-state index is 13.5. The lowest BCUT2D eigenvalue weighted by molar-refractivity contribution is -0.119. The van der Waals surface area contributed by atoms with Gasteiger partial charge in [0.2, 0.25) is 11.7 Å². The van der Waals surface area contributed by atoms with E-state index in [0.717, 1.165) is 15.4 Å². The lowest BCUT2D eigenvalue weighted by Gasteiger charge is -2.26. The van der Waals surface area contributed by atoms with Gasteiger partial charge in [-0.3, -0.25) is 9.10 Å². The quantitative estimate of drug-likeness (QED) is 0.457. The Morgan fingerprint density at radius 1 is 0.886 bits per heavy atom. The number of anilines is 1. The molecule has 0 radical (unpaired) electrons. The first-order valence-corrected chi connectivity index (χ1v) is 12.4. The van der Waals surface area contributed by atoms with Crippen LogP contribution < -0.4 is 23.8 Å². The van der Waals surface area contributed by atoms with E-state index in [2.05, 4.69) is 5.32 Å². The van der Waals surface area contributed by atoms with Crippen molar-refractivity contribution in [3.63, 3.8) is 0 Å². The number of aryl methyl sites for hydroxylation is 1. The summed E-state index contributed by atoms with van der Waals surface area (Å²) >= 11 is 0. The van der Waals surface area contributed by atoms with Crippen molar-refractivity contribution in [1.82, 2.24) is 5.32 Å². The average molecular weight is 499 g/mol. The molecule has 3 aromatic rings. The Kier molecular flexibility index (Phi) is 8.24. The molecule has 0 heterocycles. The van der Waals surface area contributed by atoms with Gasteiger partial charge in [-0.25, -0.2) is 8.42 Å². The van der Waals surface area contributed by atoms with Gasteiger partial charge >= 0.3 is 0 Å². The molecular weight excluding hydrogens is 468 g/mol. The summed E-state index contributed by atoms with van der Waals surface area (Å²) in [7, 11) is 0.545. The number of rotatable bonds is 10. The molecule has 1 N–H and O–H groups in total. The second-order valence-corrected chi connectivity index (χ2v) is 9.72. The van der Waals surface area contributed by atoms with Crippen LogP contribution in [-0.4, -0.2) is 42.2 Å². The number of methoxy groups -OCH3 is 3. The van der Waals surface area contributed by atoms with Gasteiger partial charge in [0.25, 0.3) is 10.0 Å². The summed E-state index contributed by atoms with van der Waals surface area (Å²) in [4.78, 5) is 13.1. The van der Waals surface area contributed by atoms with E-state index in [1.54, 1.807) is 42.5 Å². The second-order valence-electron chi connectivity index (χ2n) is 7.85. The molecule has 35 heavy (non-hydrogen) atoms. The fourth-order valence-corrected chi connectivity index (χ4v) is 5.15. The third-order valence-electron chi connectivity index (χ3n) is 5.68. The number of nitrogens with zero attached hydrogens (tertiary/aromatic N) is 1. The highest BCUT2D eigenvalue weighted by Crippen LogP contribution is 2.38. The Balaban J connectivity index is 1.89. The van der Waals surface area contributed by atoms with Gasteiger partial charge in [-0.1, -0.05) is 30.3 Å². The fraction of sp³-hybridized carbons (Fsp3) is 0.269. The first-order valence-electron chi connectivity index (χ1n) is 10.9. The fourth-order valence-electron chi connectivity index (χ4n) is 3.65. The average Bonchev–Trinajstić information content (AvgIpc) is 2.87. The van der Waals surface area contributed by atoms with Crippen molar-refractivity contribution in [3.05, 3.63) is 77.4 Å². The van der Waals surface area contributed by atoms with Gasteiger partial charge in [0.1, 0.15) is 6.54 Å². The van der Waals surface area contributed by atoms with Gasteiger partial charge in [-0.15, -0.1) is 0 Å². The number of nitrogens with one attached hydrogen (secondary N) is 1. The van der Waals surface area contributed by atoms with Crippen molar-refractivity contribution in [1.29, 1.82) is 0 Å². The second kappa shape index (κ2) is 11.1. The van der Waals surface area contributed by atoms with Crippen LogP contribution in [0, 0.1) is 13.8 Å². The van der Waals surface area contributed by atoms with E-state index in [-0.39, 0.29) is 18.0 Å². The third kappa shape index (κ3) is 5.68. The number of carbonyl (C=O) groups is 1. The highest BCUT2D eigenvalue weighted by Gasteiger charge is 2.28. The zero-order valence-electron chi connectivity index (χ0n) is 20.5. The number of hydrogen-bond acceptors (Lipinski definition) is 6. The smallest absolute Gasteiger partial charge is 0.264 e. The molecule has 0 aliphatic heterocycles. The molecule has 0 aliphatic carbocycles. The zero-order chi connectivity index (χ0) is 25.6. The molecule has 186 valence electrons. The van der Waals surface area contributed by atoms with Crippen LogP contribution >= 0.6 is 0 Å². The minimum Gasteiger partial charge on any atom is -0.493 e. The highest BCUT2D eigenvalue weighted by atomic mass is 32.2. The lowest BCUT2D eigenvalue weighted by Crippen LogP contribution is -2.41. The Hall–Kier alpha value is -3.72. The topological polar surface area (TPSA) is 94.2 Å². The highest BCUT2D eigenvalue weighted by molar-refractivity contribution is 7.92. The molecule has 0 saturated carbocycles. The third-order valence-corrected chi connectivity index (χ3v) is 7.45. The van der Waals surface area contributed by atoms with Gasteiger partial charge in [-0.05, 0) is 60.9 Å². The Bertz CT molecular complexity index is 1270. The zero-order valence-corrected chi connectivity index (χ0v) is 21.3. The van der Waals surface area contributed by atoms with Gasteiger partial charge in [0.15, 0.2) is 11.5 Å². The lowest BCUT2D eigenvalue weighted by atomic mass is 10.1. The predicted molar refractivity (Wildman–Crippen MR) is 135 cm³/mol. The molecular formula is C26H30N2O6S. The van der Waals surface area contributed by atoms with Gasteiger partial charge in [0, 0.05) is 6.54 Å². The number of sulfonamides is 1. The van der Waals surface area contributed by atoms with Gasteiger partial charge in [-0.2, -0.15) is 0 Å². The van der Waals surface area contributed by atoms with Crippen LogP contribution in [0.15, 0.2) is 65.6 Å². The van der Waals surface area contributed by atoms with Crippen LogP contribution in [-0.2, 0) is 21.4 Å². The summed E-state index contributed by atoms with van der Waals surface area (Å²) in [6, 6.07) is 16.9. The van der Waals surface area contributed by atoms with E-state index in [9.17, 15) is 13.2 Å². The summed E-state index contributed by atoms with van der Waals surface area (Å²) in [6.07, 6.45) is 0. The van der Waals surface area contributed by atoms with Crippen LogP contribution in [0.5, 0.6) is 17.2 Å². The van der Waals surface area contributed by atoms with E-state index in [0.29, 0.717) is 28.5 Å². The molecule has 0 unspecified atom stereocenters. The van der Waals surface area contributed by atoms with E-state index in [4.69, 9.17) is 14.2 Å². The van der Waals surface area contributed by atoms with E-state index >= 15 is 0 Å². The number of ether oxygens (including phenoxy) is 3. The van der Waals surface area contributed by atoms with Crippen LogP contribution in [0.4, 0.5) is 5.69 Å². The summed E-state index contributed by atoms with van der Waals surface area (Å²) in [5, 5.41) is 2.80. The number of carbonyl (C=O) groups excluding carboxylic acids is 1. The van der Waals surface area contributed by atoms with Crippen molar-refractivity contribution >= 4 is 21.6 Å². The standard InChI is InChI=1S/C26H30N2O6S/c1-18-10-9-13-22(19(18)2)28(35(30,31)21-11-7-6-8-12-21)17-25(29)27-16-20-14-23(32-3)26(34-5)24(15-20)33-4/h6-15H,16-17H2,1-5H3,(H,27,29). The number of benzene rings is 3. The summed E-state index contributed by atoms with van der Waals surface area (Å²) in [5.74, 6) is 0.902. The summed E-state index contributed by atoms with van der Waals surface area (Å²) < 4.78 is 44.3. The molecule has 9 heteroatoms. The minimum atomic E-state index is -3.99. The van der Waals surface area contributed by atoms with Gasteiger partial charge in [0.05, 0.1) is 31.9 Å². The minimum absolute atomic E-state index is 0.110. The molecule has 0 atom stereocenters. The maximum Gasteiger partial charge on any atom is 0.264 e. The molecule has 3 rings (SSSR count). The Morgan fingerprint density at radius 2 is 1.51 bits per heavy atom. The molecule has 0 saturated heterocycles. The maximum absolute atomic E-state index is 13.5. The van der Waals surface area contributed by atoms with Gasteiger partial charge < -0.3 is 19.5 Å². The van der Waals surface area contributed by atoms with Crippen molar-refractivity contribution in [3.8, 4) is 17.2 Å². The van der Waals surface area contributed by atoms with Crippen molar-refractivity contribution in [2.45, 2.75) is 25.3 Å². The van der Waals surface area contributed by atoms with Crippen LogP contribution in [0.3, 0.4) is 0 Å². The molecule has 0 spiro atoms. The molecule has 3 aromatic carbocycles. The van der Waals surface area contributed by atoms with Crippen molar-refractivity contribution in [2.24, 2.45) is 0 Å². The largest absolute Gasteiger partial charge is 0.493 e. The van der Waals surface area contributed by atoms with Crippen LogP contribution in [0.1, 0.15) is 16.7 Å². The number of hydrogen-bond donors (Lipinski definition) is 1. The van der Waals surface area contributed by atoms with Crippen LogP contribution in [0.2, 0.25) is 0 Å². The van der Waals surface area contributed by atoms with Crippen LogP contribution in [0.25, 0.3) is 0 Å². The molecule has 0 bridgehead atoms. The van der Waals surface area contributed by atoms with E-state index in [1.807, 2.05) is 19.9 Å². The molecule has 0 fully saturated rings. The van der Waals surface area contributed by atoms with Crippen molar-refractivity contribution in [2.75, 3.05) is 32.2 Å². The first kappa shape index (κ1) is 25.9. The van der Waals surface area contributed by atoms with E-state index < -0.39 is 15.9 Å². The molecule has 0 aliphatic rings. The number of amides is 1. The first-order chi connectivity index (χ1) is 16.7. The summed E-state index contributed by atoms with van der Waals surface area (Å²) in [5.41, 5.74) is 2.87. The van der Waals surface area contributed by atoms with Crippen molar-refractivity contribution < 1.29 is 27.4 Å². The Morgan fingerprint density at radius 3 is 2.09 bits per heavy atom. The summed E-state index contributed by atoms with van der Waals surface area (Å²) in [6.45, 7) is 3.50. The molecule has 8 nitrogen and oxygen atoms in total. The predicted octanol–water partition coefficient (Wildman–Crippen LogP) is 3.84. The molecule has 1 amide bonds. The molecule has 0 aromatic heterocycles. The Labute approximate surface area is 206 Å². The normalized spacial score (nSPS) is 11.0. The monoisotopic (exact) mass is 498 g/mol.